The number of hydrogen-bond donors (Lipinski definition) is 0. The molecule has 1 aliphatic heterocycles. The van der Waals surface area contributed by atoms with Gasteiger partial charge in [0.25, 0.3) is 5.56 Å². The second-order valence-electron chi connectivity index (χ2n) is 5.52. The molecule has 2 aromatic carbocycles. The molecule has 3 aromatic rings. The number of nitrogens with zero attached hydrogens (tertiary/aromatic N) is 2. The molecule has 2 heterocycles. The van der Waals surface area contributed by atoms with Gasteiger partial charge in [0.05, 0.1) is 27.0 Å². The van der Waals surface area contributed by atoms with Crippen LogP contribution in [0, 0.1) is 5.82 Å². The summed E-state index contributed by atoms with van der Waals surface area (Å²) in [6.07, 6.45) is 1.03. The lowest BCUT2D eigenvalue weighted by Crippen LogP contribution is -2.21. The molecule has 120 valence electrons. The van der Waals surface area contributed by atoms with Crippen LogP contribution < -0.4 is 5.56 Å². The fourth-order valence-electron chi connectivity index (χ4n) is 2.78. The minimum absolute atomic E-state index is 0.0222. The van der Waals surface area contributed by atoms with Crippen molar-refractivity contribution in [1.29, 1.82) is 0 Å². The monoisotopic (exact) mass is 344 g/mol. The zero-order chi connectivity index (χ0) is 17.2. The molecule has 1 aromatic heterocycles. The summed E-state index contributed by atoms with van der Waals surface area (Å²) in [4.78, 5) is 29.3. The molecular weight excluding hydrogens is 335 g/mol. The highest BCUT2D eigenvalue weighted by Gasteiger charge is 2.31. The van der Waals surface area contributed by atoms with Crippen molar-refractivity contribution in [2.24, 2.45) is 0 Å². The molecule has 1 aliphatic rings. The van der Waals surface area contributed by atoms with Crippen molar-refractivity contribution in [2.45, 2.75) is 4.90 Å². The number of hydrogen-bond acceptors (Lipinski definition) is 5. The Morgan fingerprint density at radius 3 is 2.54 bits per heavy atom. The summed E-state index contributed by atoms with van der Waals surface area (Å²) < 4.78 is 37.8. The lowest BCUT2D eigenvalue weighted by molar-refractivity contribution is 0.103. The van der Waals surface area contributed by atoms with E-state index >= 15 is 0 Å². The molecule has 0 fully saturated rings. The number of aromatic nitrogens is 2. The predicted octanol–water partition coefficient (Wildman–Crippen LogP) is 1.47. The average molecular weight is 344 g/mol. The number of benzene rings is 2. The van der Waals surface area contributed by atoms with E-state index in [0.29, 0.717) is 0 Å². The summed E-state index contributed by atoms with van der Waals surface area (Å²) in [7, 11) is -3.50. The van der Waals surface area contributed by atoms with Crippen molar-refractivity contribution in [3.63, 3.8) is 0 Å². The number of halogens is 1. The fraction of sp³-hybridized carbons (Fsp3) is 0.0625. The Labute approximate surface area is 135 Å². The summed E-state index contributed by atoms with van der Waals surface area (Å²) in [5.41, 5.74) is -0.0747. The Kier molecular flexibility index (Phi) is 2.80. The first-order chi connectivity index (χ1) is 11.3. The van der Waals surface area contributed by atoms with Gasteiger partial charge in [0.2, 0.25) is 5.78 Å². The minimum Gasteiger partial charge on any atom is -0.285 e. The summed E-state index contributed by atoms with van der Waals surface area (Å²) >= 11 is 0. The van der Waals surface area contributed by atoms with Crippen molar-refractivity contribution < 1.29 is 17.6 Å². The largest absolute Gasteiger partial charge is 0.285 e. The molecule has 0 unspecified atom stereocenters. The van der Waals surface area contributed by atoms with E-state index in [-0.39, 0.29) is 32.9 Å². The highest BCUT2D eigenvalue weighted by atomic mass is 32.2. The van der Waals surface area contributed by atoms with Crippen LogP contribution in [0.15, 0.2) is 46.1 Å². The number of carbonyl (C=O) groups is 1. The number of sulfone groups is 1. The zero-order valence-corrected chi connectivity index (χ0v) is 13.1. The van der Waals surface area contributed by atoms with Gasteiger partial charge in [-0.25, -0.2) is 17.8 Å². The van der Waals surface area contributed by atoms with Crippen molar-refractivity contribution >= 4 is 26.5 Å². The van der Waals surface area contributed by atoms with Crippen molar-refractivity contribution in [3.8, 4) is 5.69 Å². The van der Waals surface area contributed by atoms with E-state index in [9.17, 15) is 22.4 Å². The molecular formula is C16H9FN2O4S. The van der Waals surface area contributed by atoms with Gasteiger partial charge in [-0.3, -0.25) is 14.2 Å². The molecule has 0 saturated carbocycles. The Bertz CT molecular complexity index is 1230. The van der Waals surface area contributed by atoms with Gasteiger partial charge in [0, 0.05) is 12.3 Å². The summed E-state index contributed by atoms with van der Waals surface area (Å²) in [5.74, 6) is -1.29. The van der Waals surface area contributed by atoms with Crippen LogP contribution in [-0.2, 0) is 9.84 Å². The van der Waals surface area contributed by atoms with Crippen molar-refractivity contribution in [2.75, 3.05) is 6.26 Å². The Morgan fingerprint density at radius 2 is 1.83 bits per heavy atom. The molecule has 0 bridgehead atoms. The Hall–Kier alpha value is -2.87. The highest BCUT2D eigenvalue weighted by molar-refractivity contribution is 7.90. The third-order valence-corrected chi connectivity index (χ3v) is 5.03. The van der Waals surface area contributed by atoms with Crippen LogP contribution >= 0.6 is 0 Å². The molecule has 24 heavy (non-hydrogen) atoms. The fourth-order valence-corrected chi connectivity index (χ4v) is 3.42. The van der Waals surface area contributed by atoms with Crippen LogP contribution in [0.25, 0.3) is 16.6 Å². The molecule has 4 rings (SSSR count). The summed E-state index contributed by atoms with van der Waals surface area (Å²) in [6, 6.07) is 7.49. The summed E-state index contributed by atoms with van der Waals surface area (Å²) in [5, 5.41) is 0.174. The standard InChI is InChI=1S/C16H9FN2O4S/c1-24(22,23)9-3-5-13-11(7-9)14(20)15-18-12-6-8(17)2-4-10(12)16(21)19(13)15/h2-7H,1H3. The van der Waals surface area contributed by atoms with Gasteiger partial charge in [0.1, 0.15) is 5.82 Å². The Balaban J connectivity index is 2.09. The molecule has 0 N–H and O–H groups in total. The lowest BCUT2D eigenvalue weighted by Gasteiger charge is -2.06. The molecule has 0 amide bonds. The number of fused-ring (bicyclic) bond motifs is 4. The Morgan fingerprint density at radius 1 is 1.08 bits per heavy atom. The molecule has 0 aliphatic carbocycles. The molecule has 0 radical (unpaired) electrons. The normalized spacial score (nSPS) is 13.2. The first-order valence-corrected chi connectivity index (χ1v) is 8.78. The number of carbonyl (C=O) groups excluding carboxylic acids is 1. The van der Waals surface area contributed by atoms with Gasteiger partial charge in [0.15, 0.2) is 15.7 Å². The van der Waals surface area contributed by atoms with Crippen molar-refractivity contribution in [3.05, 3.63) is 64.0 Å². The summed E-state index contributed by atoms with van der Waals surface area (Å²) in [6.45, 7) is 0. The topological polar surface area (TPSA) is 86.1 Å². The minimum atomic E-state index is -3.50. The van der Waals surface area contributed by atoms with E-state index < -0.39 is 27.0 Å². The van der Waals surface area contributed by atoms with Gasteiger partial charge in [-0.05, 0) is 30.3 Å². The van der Waals surface area contributed by atoms with E-state index in [4.69, 9.17) is 0 Å². The number of rotatable bonds is 1. The molecule has 6 nitrogen and oxygen atoms in total. The lowest BCUT2D eigenvalue weighted by atomic mass is 10.1. The third-order valence-electron chi connectivity index (χ3n) is 3.92. The molecule has 8 heteroatoms. The average Bonchev–Trinajstić information content (AvgIpc) is 2.79. The van der Waals surface area contributed by atoms with Crippen molar-refractivity contribution in [1.82, 2.24) is 9.55 Å². The molecule has 0 saturated heterocycles. The quantitative estimate of drug-likeness (QED) is 0.522. The second-order valence-corrected chi connectivity index (χ2v) is 7.53. The van der Waals surface area contributed by atoms with E-state index in [2.05, 4.69) is 4.98 Å². The first-order valence-electron chi connectivity index (χ1n) is 6.89. The maximum Gasteiger partial charge on any atom is 0.266 e. The van der Waals surface area contributed by atoms with E-state index in [0.717, 1.165) is 23.0 Å². The van der Waals surface area contributed by atoms with Crippen LogP contribution in [0.2, 0.25) is 0 Å². The van der Waals surface area contributed by atoms with Gasteiger partial charge in [-0.1, -0.05) is 0 Å². The first kappa shape index (κ1) is 14.7. The van der Waals surface area contributed by atoms with Crippen LogP contribution in [-0.4, -0.2) is 30.0 Å². The van der Waals surface area contributed by atoms with E-state index in [1.54, 1.807) is 0 Å². The third kappa shape index (κ3) is 1.93. The smallest absolute Gasteiger partial charge is 0.266 e. The van der Waals surface area contributed by atoms with Crippen LogP contribution in [0.1, 0.15) is 16.2 Å². The van der Waals surface area contributed by atoms with Crippen LogP contribution in [0.3, 0.4) is 0 Å². The van der Waals surface area contributed by atoms with Gasteiger partial charge >= 0.3 is 0 Å². The number of ketones is 1. The van der Waals surface area contributed by atoms with E-state index in [1.165, 1.54) is 24.3 Å². The zero-order valence-electron chi connectivity index (χ0n) is 12.3. The van der Waals surface area contributed by atoms with Gasteiger partial charge in [-0.2, -0.15) is 0 Å². The maximum atomic E-state index is 13.4. The molecule has 0 atom stereocenters. The maximum absolute atomic E-state index is 13.4. The SMILES string of the molecule is CS(=O)(=O)c1ccc2c(c1)C(=O)c1nc3cc(F)ccc3c(=O)n1-2. The molecule has 0 spiro atoms. The van der Waals surface area contributed by atoms with Gasteiger partial charge in [-0.15, -0.1) is 0 Å². The van der Waals surface area contributed by atoms with Gasteiger partial charge < -0.3 is 0 Å². The highest BCUT2D eigenvalue weighted by Crippen LogP contribution is 2.28. The van der Waals surface area contributed by atoms with E-state index in [1.807, 2.05) is 0 Å². The second kappa shape index (κ2) is 4.57. The predicted molar refractivity (Wildman–Crippen MR) is 83.8 cm³/mol. The van der Waals surface area contributed by atoms with Crippen LogP contribution in [0.4, 0.5) is 4.39 Å². The van der Waals surface area contributed by atoms with Crippen LogP contribution in [0.5, 0.6) is 0 Å².